The molecule has 8 nitrogen and oxygen atoms in total. The molecule has 1 aromatic carbocycles. The molecule has 182 valence electrons. The van der Waals surface area contributed by atoms with Gasteiger partial charge in [-0.3, -0.25) is 14.6 Å². The predicted molar refractivity (Wildman–Crippen MR) is 128 cm³/mol. The Kier molecular flexibility index (Phi) is 6.97. The zero-order chi connectivity index (χ0) is 24.0. The van der Waals surface area contributed by atoms with E-state index in [1.807, 2.05) is 18.2 Å². The number of rotatable bonds is 7. The quantitative estimate of drug-likeness (QED) is 0.555. The number of pyridine rings is 1. The molecule has 2 atom stereocenters. The highest BCUT2D eigenvalue weighted by Gasteiger charge is 2.40. The van der Waals surface area contributed by atoms with Crippen LogP contribution in [0.1, 0.15) is 49.5 Å². The van der Waals surface area contributed by atoms with Crippen molar-refractivity contribution in [3.8, 4) is 11.5 Å². The molecule has 1 fully saturated rings. The summed E-state index contributed by atoms with van der Waals surface area (Å²) in [6, 6.07) is 13.5. The normalized spacial score (nSPS) is 18.5. The number of aromatic nitrogens is 1. The minimum absolute atomic E-state index is 0.0501. The van der Waals surface area contributed by atoms with Crippen LogP contribution in [0.25, 0.3) is 0 Å². The molecule has 1 aliphatic carbocycles. The van der Waals surface area contributed by atoms with E-state index in [2.05, 4.69) is 10.3 Å². The molecule has 8 heteroatoms. The van der Waals surface area contributed by atoms with Crippen molar-refractivity contribution in [3.63, 3.8) is 0 Å². The molecule has 1 N–H and O–H groups in total. The van der Waals surface area contributed by atoms with Gasteiger partial charge in [0.05, 0.1) is 6.26 Å². The van der Waals surface area contributed by atoms with Crippen LogP contribution >= 0.6 is 0 Å². The molecule has 0 saturated heterocycles. The largest absolute Gasteiger partial charge is 0.485 e. The third-order valence-corrected chi connectivity index (χ3v) is 6.47. The lowest BCUT2D eigenvalue weighted by atomic mass is 9.95. The van der Waals surface area contributed by atoms with Crippen molar-refractivity contribution in [3.05, 3.63) is 78.5 Å². The van der Waals surface area contributed by atoms with Crippen molar-refractivity contribution in [2.24, 2.45) is 0 Å². The fourth-order valence-electron chi connectivity index (χ4n) is 4.71. The second-order valence-electron chi connectivity index (χ2n) is 8.95. The van der Waals surface area contributed by atoms with Crippen LogP contribution in [0.5, 0.6) is 11.5 Å². The Balaban J connectivity index is 1.45. The Morgan fingerprint density at radius 1 is 1.03 bits per heavy atom. The minimum atomic E-state index is -0.958. The first kappa shape index (κ1) is 23.0. The molecular formula is C27H29N3O5. The molecule has 0 unspecified atom stereocenters. The van der Waals surface area contributed by atoms with Crippen molar-refractivity contribution in [1.82, 2.24) is 15.2 Å². The molecule has 2 aliphatic rings. The number of hydrogen-bond acceptors (Lipinski definition) is 6. The van der Waals surface area contributed by atoms with Gasteiger partial charge in [0.2, 0.25) is 6.10 Å². The molecule has 5 rings (SSSR count). The third-order valence-electron chi connectivity index (χ3n) is 6.47. The summed E-state index contributed by atoms with van der Waals surface area (Å²) < 4.78 is 17.5. The van der Waals surface area contributed by atoms with Gasteiger partial charge in [-0.25, -0.2) is 0 Å². The van der Waals surface area contributed by atoms with E-state index in [4.69, 9.17) is 13.9 Å². The number of carbonyl (C=O) groups is 2. The minimum Gasteiger partial charge on any atom is -0.485 e. The average Bonchev–Trinajstić information content (AvgIpc) is 3.43. The summed E-state index contributed by atoms with van der Waals surface area (Å²) in [5, 5.41) is 3.17. The number of fused-ring (bicyclic) bond motifs is 1. The maximum absolute atomic E-state index is 13.9. The van der Waals surface area contributed by atoms with Gasteiger partial charge < -0.3 is 24.1 Å². The van der Waals surface area contributed by atoms with Gasteiger partial charge in [-0.05, 0) is 48.7 Å². The van der Waals surface area contributed by atoms with E-state index in [1.54, 1.807) is 42.7 Å². The highest BCUT2D eigenvalue weighted by atomic mass is 16.6. The van der Waals surface area contributed by atoms with E-state index >= 15 is 0 Å². The van der Waals surface area contributed by atoms with Crippen molar-refractivity contribution in [2.75, 3.05) is 6.61 Å². The Morgan fingerprint density at radius 2 is 1.86 bits per heavy atom. The number of nitrogens with zero attached hydrogens (tertiary/aromatic N) is 2. The number of amides is 2. The van der Waals surface area contributed by atoms with Crippen molar-refractivity contribution >= 4 is 11.8 Å². The smallest absolute Gasteiger partial charge is 0.268 e. The van der Waals surface area contributed by atoms with Crippen LogP contribution in [0.3, 0.4) is 0 Å². The number of nitrogens with one attached hydrogen (secondary N) is 1. The Morgan fingerprint density at radius 3 is 2.60 bits per heavy atom. The standard InChI is InChI=1S/C27H29N3O5/c31-26(29-20-9-2-1-3-10-20)25(23-13-7-15-33-23)30(17-19-8-6-14-28-16-19)27(32)24-18-34-21-11-4-5-12-22(21)35-24/h4-8,11-16,20,24-25H,1-3,9-10,17-18H2,(H,29,31)/t24-,25+/m0/s1. The van der Waals surface area contributed by atoms with Gasteiger partial charge >= 0.3 is 0 Å². The van der Waals surface area contributed by atoms with Gasteiger partial charge in [0, 0.05) is 25.0 Å². The van der Waals surface area contributed by atoms with Gasteiger partial charge in [-0.1, -0.05) is 37.5 Å². The molecular weight excluding hydrogens is 446 g/mol. The van der Waals surface area contributed by atoms with Crippen molar-refractivity contribution in [2.45, 2.75) is 56.8 Å². The van der Waals surface area contributed by atoms with Crippen LogP contribution in [0.4, 0.5) is 0 Å². The maximum atomic E-state index is 13.9. The summed E-state index contributed by atoms with van der Waals surface area (Å²) in [5.74, 6) is 0.866. The molecule has 2 amide bonds. The number of carbonyl (C=O) groups excluding carboxylic acids is 2. The zero-order valence-corrected chi connectivity index (χ0v) is 19.5. The summed E-state index contributed by atoms with van der Waals surface area (Å²) in [7, 11) is 0. The molecule has 0 bridgehead atoms. The topological polar surface area (TPSA) is 93.9 Å². The van der Waals surface area contributed by atoms with Gasteiger partial charge in [0.25, 0.3) is 11.8 Å². The Labute approximate surface area is 204 Å². The summed E-state index contributed by atoms with van der Waals surface area (Å²) in [6.07, 6.45) is 9.19. The number of benzene rings is 1. The van der Waals surface area contributed by atoms with E-state index < -0.39 is 12.1 Å². The highest BCUT2D eigenvalue weighted by Crippen LogP contribution is 2.33. The number of furan rings is 1. The summed E-state index contributed by atoms with van der Waals surface area (Å²) in [5.41, 5.74) is 0.792. The van der Waals surface area contributed by atoms with E-state index in [-0.39, 0.29) is 31.0 Å². The lowest BCUT2D eigenvalue weighted by Gasteiger charge is -2.35. The molecule has 1 saturated carbocycles. The first-order valence-corrected chi connectivity index (χ1v) is 12.1. The monoisotopic (exact) mass is 475 g/mol. The number of ether oxygens (including phenoxy) is 2. The lowest BCUT2D eigenvalue weighted by Crippen LogP contribution is -2.52. The van der Waals surface area contributed by atoms with E-state index in [9.17, 15) is 9.59 Å². The Bertz CT molecular complexity index is 1130. The molecule has 0 radical (unpaired) electrons. The lowest BCUT2D eigenvalue weighted by molar-refractivity contribution is -0.150. The molecule has 3 aromatic rings. The van der Waals surface area contributed by atoms with E-state index in [0.717, 1.165) is 31.2 Å². The van der Waals surface area contributed by atoms with Crippen LogP contribution < -0.4 is 14.8 Å². The zero-order valence-electron chi connectivity index (χ0n) is 19.5. The predicted octanol–water partition coefficient (Wildman–Crippen LogP) is 4.03. The highest BCUT2D eigenvalue weighted by molar-refractivity contribution is 5.90. The molecule has 2 aromatic heterocycles. The third kappa shape index (κ3) is 5.31. The van der Waals surface area contributed by atoms with Gasteiger partial charge in [-0.15, -0.1) is 0 Å². The first-order chi connectivity index (χ1) is 17.2. The van der Waals surface area contributed by atoms with Crippen molar-refractivity contribution in [1.29, 1.82) is 0 Å². The molecule has 3 heterocycles. The van der Waals surface area contributed by atoms with Crippen LogP contribution in [0.2, 0.25) is 0 Å². The summed E-state index contributed by atoms with van der Waals surface area (Å²) in [6.45, 7) is 0.214. The van der Waals surface area contributed by atoms with Crippen molar-refractivity contribution < 1.29 is 23.5 Å². The first-order valence-electron chi connectivity index (χ1n) is 12.1. The average molecular weight is 476 g/mol. The molecule has 1 aliphatic heterocycles. The molecule has 35 heavy (non-hydrogen) atoms. The van der Waals surface area contributed by atoms with Gasteiger partial charge in [0.15, 0.2) is 17.5 Å². The number of hydrogen-bond donors (Lipinski definition) is 1. The fraction of sp³-hybridized carbons (Fsp3) is 0.370. The van der Waals surface area contributed by atoms with Gasteiger partial charge in [-0.2, -0.15) is 0 Å². The maximum Gasteiger partial charge on any atom is 0.268 e. The van der Waals surface area contributed by atoms with Crippen LogP contribution in [-0.4, -0.2) is 40.5 Å². The van der Waals surface area contributed by atoms with Gasteiger partial charge in [0.1, 0.15) is 12.4 Å². The van der Waals surface area contributed by atoms with Crippen LogP contribution in [-0.2, 0) is 16.1 Å². The summed E-state index contributed by atoms with van der Waals surface area (Å²) in [4.78, 5) is 33.3. The SMILES string of the molecule is O=C(NC1CCCCC1)[C@@H](c1ccco1)N(Cc1cccnc1)C(=O)[C@@H]1COc2ccccc2O1. The second-order valence-corrected chi connectivity index (χ2v) is 8.95. The number of para-hydroxylation sites is 2. The fourth-order valence-corrected chi connectivity index (χ4v) is 4.71. The van der Waals surface area contributed by atoms with E-state index in [1.165, 1.54) is 17.6 Å². The van der Waals surface area contributed by atoms with Crippen LogP contribution in [0, 0.1) is 0 Å². The van der Waals surface area contributed by atoms with E-state index in [0.29, 0.717) is 17.3 Å². The van der Waals surface area contributed by atoms with Crippen LogP contribution in [0.15, 0.2) is 71.6 Å². The molecule has 0 spiro atoms. The summed E-state index contributed by atoms with van der Waals surface area (Å²) >= 11 is 0. The Hall–Kier alpha value is -3.81. The second kappa shape index (κ2) is 10.6.